The maximum atomic E-state index is 13.0. The summed E-state index contributed by atoms with van der Waals surface area (Å²) >= 11 is 3.55. The van der Waals surface area contributed by atoms with Gasteiger partial charge in [-0.2, -0.15) is 0 Å². The van der Waals surface area contributed by atoms with Crippen LogP contribution in [-0.4, -0.2) is 106 Å². The number of aliphatic carboxylic acids is 2. The van der Waals surface area contributed by atoms with Crippen molar-refractivity contribution in [2.24, 2.45) is 10.9 Å². The molecule has 2 aliphatic heterocycles. The van der Waals surface area contributed by atoms with E-state index in [1.54, 1.807) is 4.68 Å². The number of oxime groups is 1. The number of carboxylic acids is 2. The number of tetrazole rings is 1. The number of hydrogen-bond acceptors (Lipinski definition) is 15. The number of carbonyl (C=O) groups excluding carboxylic acids is 2. The molecule has 0 aromatic carbocycles. The number of rotatable bonds is 13. The van der Waals surface area contributed by atoms with Gasteiger partial charge in [-0.1, -0.05) is 16.9 Å². The van der Waals surface area contributed by atoms with Crippen molar-refractivity contribution in [3.8, 4) is 0 Å². The number of carboxylic acid groups (broad SMARTS) is 2. The molecule has 0 saturated carbocycles. The van der Waals surface area contributed by atoms with Gasteiger partial charge in [-0.05, 0) is 29.0 Å². The molecule has 0 radical (unpaired) electrons. The monoisotopic (exact) mass is 598 g/mol. The smallest absolute Gasteiger partial charge is 0.352 e. The second-order valence-corrected chi connectivity index (χ2v) is 10.8. The maximum Gasteiger partial charge on any atom is 0.352 e. The van der Waals surface area contributed by atoms with Crippen molar-refractivity contribution in [2.75, 3.05) is 30.4 Å². The summed E-state index contributed by atoms with van der Waals surface area (Å²) in [4.78, 5) is 58.7. The molecule has 17 nitrogen and oxygen atoms in total. The van der Waals surface area contributed by atoms with E-state index >= 15 is 0 Å². The maximum absolute atomic E-state index is 13.0. The van der Waals surface area contributed by atoms with Crippen LogP contribution in [-0.2, 0) is 30.6 Å². The molecule has 20 heteroatoms. The first-order valence-electron chi connectivity index (χ1n) is 11.1. The lowest BCUT2D eigenvalue weighted by molar-refractivity contribution is -0.150. The number of aromatic nitrogens is 5. The van der Waals surface area contributed by atoms with Crippen molar-refractivity contribution in [1.29, 1.82) is 0 Å². The van der Waals surface area contributed by atoms with E-state index in [2.05, 4.69) is 31.0 Å². The summed E-state index contributed by atoms with van der Waals surface area (Å²) in [5, 5.41) is 37.6. The van der Waals surface area contributed by atoms with Crippen LogP contribution in [0.3, 0.4) is 0 Å². The first-order valence-corrected chi connectivity index (χ1v) is 14.1. The number of β-lactam (4-membered cyclic amide) rings is 1. The summed E-state index contributed by atoms with van der Waals surface area (Å²) in [6.45, 7) is 0.170. The molecule has 2 aromatic rings. The molecule has 2 aliphatic rings. The number of anilines is 1. The number of nitrogen functional groups attached to an aromatic ring is 1. The summed E-state index contributed by atoms with van der Waals surface area (Å²) in [7, 11) is 0. The summed E-state index contributed by atoms with van der Waals surface area (Å²) in [6, 6.07) is -1.06. The number of nitrogens with two attached hydrogens (primary N) is 2. The Kier molecular flexibility index (Phi) is 8.99. The van der Waals surface area contributed by atoms with E-state index in [4.69, 9.17) is 21.4 Å². The minimum Gasteiger partial charge on any atom is -0.479 e. The Bertz CT molecular complexity index is 1340. The third-order valence-corrected chi connectivity index (χ3v) is 8.37. The fourth-order valence-electron chi connectivity index (χ4n) is 3.59. The minimum absolute atomic E-state index is 0.0274. The molecular formula is C19H22N10O7S3. The van der Waals surface area contributed by atoms with Crippen LogP contribution >= 0.6 is 34.9 Å². The molecule has 1 fully saturated rings. The number of thioether (sulfide) groups is 2. The highest BCUT2D eigenvalue weighted by molar-refractivity contribution is 8.01. The summed E-state index contributed by atoms with van der Waals surface area (Å²) < 4.78 is 1.58. The van der Waals surface area contributed by atoms with Gasteiger partial charge in [-0.15, -0.1) is 28.2 Å². The zero-order valence-corrected chi connectivity index (χ0v) is 22.4. The first kappa shape index (κ1) is 28.3. The van der Waals surface area contributed by atoms with Gasteiger partial charge >= 0.3 is 11.9 Å². The van der Waals surface area contributed by atoms with Crippen molar-refractivity contribution in [2.45, 2.75) is 29.5 Å². The van der Waals surface area contributed by atoms with Crippen molar-refractivity contribution >= 4 is 69.5 Å². The van der Waals surface area contributed by atoms with Crippen LogP contribution in [0.1, 0.15) is 12.1 Å². The molecule has 0 spiro atoms. The summed E-state index contributed by atoms with van der Waals surface area (Å²) in [6.07, 6.45) is 0.669. The van der Waals surface area contributed by atoms with Gasteiger partial charge in [0, 0.05) is 23.4 Å². The molecule has 1 unspecified atom stereocenters. The Morgan fingerprint density at radius 3 is 2.79 bits per heavy atom. The minimum atomic E-state index is -1.31. The standard InChI is InChI=1S/C19H22N10O7S3/c20-2-1-3-28-19(24-26-27-28)39-6-8-5-37-16-12(15(33)29(16)13(8)17(34)35)23-14(32)11(25-36-4-10(30)31)9-7-38-18(21)22-9/h7,12,16H,1-6,20H2,(H2,21,22)(H,23,32)(H,30,31)(H,34,35)/t12?,16-/m1/s1. The SMILES string of the molecule is NCCCn1nnnc1SCC1=C(C(=O)O)N2C(=O)C(NC(=O)C(=NOCC(=O)O)c3csc(N)n3)[C@H]2SC1. The number of amides is 2. The molecule has 4 rings (SSSR count). The topological polar surface area (TPSA) is 254 Å². The van der Waals surface area contributed by atoms with E-state index in [0.717, 1.165) is 16.2 Å². The van der Waals surface area contributed by atoms with Gasteiger partial charge in [0.05, 0.1) is 0 Å². The Morgan fingerprint density at radius 2 is 2.13 bits per heavy atom. The number of fused-ring (bicyclic) bond motifs is 1. The fraction of sp³-hybridized carbons (Fsp3) is 0.421. The predicted octanol–water partition coefficient (Wildman–Crippen LogP) is -1.60. The van der Waals surface area contributed by atoms with Gasteiger partial charge in [0.1, 0.15) is 22.8 Å². The molecule has 4 heterocycles. The quantitative estimate of drug-likeness (QED) is 0.0753. The second-order valence-electron chi connectivity index (χ2n) is 7.91. The first-order chi connectivity index (χ1) is 18.7. The summed E-state index contributed by atoms with van der Waals surface area (Å²) in [5.74, 6) is -3.57. The highest BCUT2D eigenvalue weighted by Gasteiger charge is 2.54. The lowest BCUT2D eigenvalue weighted by Crippen LogP contribution is -2.71. The number of thiazole rings is 1. The average molecular weight is 599 g/mol. The Hall–Kier alpha value is -3.75. The third kappa shape index (κ3) is 6.29. The second kappa shape index (κ2) is 12.4. The lowest BCUT2D eigenvalue weighted by atomic mass is 10.0. The molecular weight excluding hydrogens is 576 g/mol. The van der Waals surface area contributed by atoms with Crippen LogP contribution in [0.25, 0.3) is 0 Å². The summed E-state index contributed by atoms with van der Waals surface area (Å²) in [5.41, 5.74) is 11.2. The van der Waals surface area contributed by atoms with Gasteiger partial charge in [0.25, 0.3) is 11.8 Å². The molecule has 7 N–H and O–H groups in total. The molecule has 39 heavy (non-hydrogen) atoms. The van der Waals surface area contributed by atoms with Crippen molar-refractivity contribution in [3.05, 3.63) is 22.3 Å². The molecule has 2 aromatic heterocycles. The van der Waals surface area contributed by atoms with Crippen molar-refractivity contribution in [1.82, 2.24) is 35.4 Å². The molecule has 0 aliphatic carbocycles. The van der Waals surface area contributed by atoms with Crippen LogP contribution in [0.2, 0.25) is 0 Å². The molecule has 1 saturated heterocycles. The van der Waals surface area contributed by atoms with E-state index in [1.165, 1.54) is 28.9 Å². The third-order valence-electron chi connectivity index (χ3n) is 5.31. The Labute approximate surface area is 232 Å². The highest BCUT2D eigenvalue weighted by atomic mass is 32.2. The number of carbonyl (C=O) groups is 4. The Morgan fingerprint density at radius 1 is 1.33 bits per heavy atom. The van der Waals surface area contributed by atoms with Gasteiger partial charge < -0.3 is 31.8 Å². The van der Waals surface area contributed by atoms with E-state index in [-0.39, 0.29) is 33.7 Å². The number of aryl methyl sites for hydroxylation is 1. The predicted molar refractivity (Wildman–Crippen MR) is 139 cm³/mol. The number of hydrogen-bond donors (Lipinski definition) is 5. The molecule has 208 valence electrons. The van der Waals surface area contributed by atoms with Gasteiger partial charge in [-0.3, -0.25) is 14.5 Å². The van der Waals surface area contributed by atoms with Crippen LogP contribution in [0.15, 0.2) is 27.0 Å². The normalized spacial score (nSPS) is 18.9. The van der Waals surface area contributed by atoms with Gasteiger partial charge in [0.2, 0.25) is 11.8 Å². The van der Waals surface area contributed by atoms with Gasteiger partial charge in [0.15, 0.2) is 10.8 Å². The van der Waals surface area contributed by atoms with E-state index in [9.17, 15) is 24.3 Å². The molecule has 0 bridgehead atoms. The van der Waals surface area contributed by atoms with E-state index in [1.807, 2.05) is 0 Å². The molecule has 2 amide bonds. The number of nitrogens with zero attached hydrogens (tertiary/aromatic N) is 7. The largest absolute Gasteiger partial charge is 0.479 e. The van der Waals surface area contributed by atoms with Crippen LogP contribution in [0.5, 0.6) is 0 Å². The van der Waals surface area contributed by atoms with Crippen LogP contribution in [0, 0.1) is 0 Å². The fourth-order valence-corrected chi connectivity index (χ4v) is 6.53. The zero-order valence-electron chi connectivity index (χ0n) is 19.9. The van der Waals surface area contributed by atoms with Gasteiger partial charge in [-0.25, -0.2) is 19.3 Å². The van der Waals surface area contributed by atoms with Crippen molar-refractivity contribution in [3.63, 3.8) is 0 Å². The lowest BCUT2D eigenvalue weighted by Gasteiger charge is -2.49. The average Bonchev–Trinajstić information content (AvgIpc) is 3.54. The van der Waals surface area contributed by atoms with Crippen molar-refractivity contribution < 1.29 is 34.2 Å². The number of nitrogens with one attached hydrogen (secondary N) is 1. The molecule has 2 atom stereocenters. The zero-order chi connectivity index (χ0) is 28.1. The van der Waals surface area contributed by atoms with E-state index < -0.39 is 41.8 Å². The van der Waals surface area contributed by atoms with E-state index in [0.29, 0.717) is 30.2 Å². The van der Waals surface area contributed by atoms with Crippen LogP contribution < -0.4 is 16.8 Å². The van der Waals surface area contributed by atoms with Crippen LogP contribution in [0.4, 0.5) is 5.13 Å². The highest BCUT2D eigenvalue weighted by Crippen LogP contribution is 2.41. The Balaban J connectivity index is 1.47.